The molecule has 1 fully saturated rings. The maximum absolute atomic E-state index is 8.96. The van der Waals surface area contributed by atoms with Crippen LogP contribution in [-0.4, -0.2) is 7.11 Å². The average Bonchev–Trinajstić information content (AvgIpc) is 2.99. The van der Waals surface area contributed by atoms with E-state index >= 15 is 0 Å². The van der Waals surface area contributed by atoms with Gasteiger partial charge in [-0.1, -0.05) is 12.1 Å². The van der Waals surface area contributed by atoms with Gasteiger partial charge in [0.2, 0.25) is 0 Å². The van der Waals surface area contributed by atoms with Gasteiger partial charge in [-0.3, -0.25) is 0 Å². The molecule has 0 N–H and O–H groups in total. The van der Waals surface area contributed by atoms with E-state index in [0.29, 0.717) is 0 Å². The summed E-state index contributed by atoms with van der Waals surface area (Å²) in [6.07, 6.45) is 1.99. The number of hydrogen-bond donors (Lipinski definition) is 0. The highest BCUT2D eigenvalue weighted by molar-refractivity contribution is 5.41. The highest BCUT2D eigenvalue weighted by Gasteiger charge is 2.44. The first-order chi connectivity index (χ1) is 6.30. The average molecular weight is 173 g/mol. The highest BCUT2D eigenvalue weighted by Crippen LogP contribution is 2.47. The summed E-state index contributed by atoms with van der Waals surface area (Å²) in [5.74, 6) is 0.845. The van der Waals surface area contributed by atoms with Gasteiger partial charge < -0.3 is 4.74 Å². The predicted octanol–water partition coefficient (Wildman–Crippen LogP) is 2.25. The molecule has 0 amide bonds. The monoisotopic (exact) mass is 173 g/mol. The lowest BCUT2D eigenvalue weighted by Crippen LogP contribution is -2.01. The smallest absolute Gasteiger partial charge is 0.118 e. The number of hydrogen-bond acceptors (Lipinski definition) is 2. The number of nitriles is 1. The van der Waals surface area contributed by atoms with Crippen molar-refractivity contribution in [2.45, 2.75) is 18.3 Å². The second-order valence-corrected chi connectivity index (χ2v) is 3.42. The van der Waals surface area contributed by atoms with Crippen LogP contribution in [0.2, 0.25) is 0 Å². The fourth-order valence-corrected chi connectivity index (χ4v) is 1.50. The Morgan fingerprint density at radius 3 is 2.31 bits per heavy atom. The van der Waals surface area contributed by atoms with Gasteiger partial charge in [-0.25, -0.2) is 0 Å². The lowest BCUT2D eigenvalue weighted by Gasteiger charge is -2.06. The molecule has 0 heterocycles. The van der Waals surface area contributed by atoms with E-state index in [-0.39, 0.29) is 5.41 Å². The van der Waals surface area contributed by atoms with E-state index in [0.717, 1.165) is 24.2 Å². The van der Waals surface area contributed by atoms with Gasteiger partial charge in [-0.05, 0) is 30.5 Å². The van der Waals surface area contributed by atoms with Crippen molar-refractivity contribution in [2.24, 2.45) is 0 Å². The first kappa shape index (κ1) is 8.12. The van der Waals surface area contributed by atoms with Gasteiger partial charge in [-0.2, -0.15) is 5.26 Å². The van der Waals surface area contributed by atoms with Gasteiger partial charge in [0.15, 0.2) is 0 Å². The zero-order valence-corrected chi connectivity index (χ0v) is 7.58. The third-order valence-electron chi connectivity index (χ3n) is 2.61. The quantitative estimate of drug-likeness (QED) is 0.687. The van der Waals surface area contributed by atoms with Crippen LogP contribution in [0, 0.1) is 11.3 Å². The summed E-state index contributed by atoms with van der Waals surface area (Å²) < 4.78 is 5.05. The van der Waals surface area contributed by atoms with Crippen LogP contribution in [0.1, 0.15) is 18.4 Å². The Morgan fingerprint density at radius 2 is 1.92 bits per heavy atom. The Hall–Kier alpha value is -1.49. The number of nitrogens with zero attached hydrogens (tertiary/aromatic N) is 1. The molecule has 0 bridgehead atoms. The Kier molecular flexibility index (Phi) is 1.73. The first-order valence-electron chi connectivity index (χ1n) is 4.36. The third-order valence-corrected chi connectivity index (χ3v) is 2.61. The Labute approximate surface area is 77.8 Å². The molecule has 1 aliphatic carbocycles. The molecule has 0 unspecified atom stereocenters. The summed E-state index contributed by atoms with van der Waals surface area (Å²) in [5, 5.41) is 8.96. The summed E-state index contributed by atoms with van der Waals surface area (Å²) in [6.45, 7) is 0. The van der Waals surface area contributed by atoms with Gasteiger partial charge in [0, 0.05) is 0 Å². The van der Waals surface area contributed by atoms with E-state index in [4.69, 9.17) is 10.00 Å². The fourth-order valence-electron chi connectivity index (χ4n) is 1.50. The predicted molar refractivity (Wildman–Crippen MR) is 49.5 cm³/mol. The first-order valence-corrected chi connectivity index (χ1v) is 4.36. The zero-order chi connectivity index (χ0) is 9.31. The van der Waals surface area contributed by atoms with E-state index in [1.54, 1.807) is 7.11 Å². The van der Waals surface area contributed by atoms with E-state index in [1.165, 1.54) is 0 Å². The molecule has 0 atom stereocenters. The fraction of sp³-hybridized carbons (Fsp3) is 0.364. The molecule has 0 radical (unpaired) electrons. The summed E-state index contributed by atoms with van der Waals surface area (Å²) in [4.78, 5) is 0. The van der Waals surface area contributed by atoms with E-state index in [9.17, 15) is 0 Å². The molecule has 2 rings (SSSR count). The van der Waals surface area contributed by atoms with Crippen molar-refractivity contribution >= 4 is 0 Å². The summed E-state index contributed by atoms with van der Waals surface area (Å²) in [7, 11) is 1.65. The van der Waals surface area contributed by atoms with Crippen LogP contribution in [0.25, 0.3) is 0 Å². The van der Waals surface area contributed by atoms with Gasteiger partial charge in [0.1, 0.15) is 5.75 Å². The van der Waals surface area contributed by atoms with Gasteiger partial charge >= 0.3 is 0 Å². The molecule has 1 aliphatic rings. The molecule has 13 heavy (non-hydrogen) atoms. The molecule has 1 saturated carbocycles. The molecule has 1 aromatic rings. The van der Waals surface area contributed by atoms with Crippen LogP contribution < -0.4 is 4.74 Å². The maximum Gasteiger partial charge on any atom is 0.118 e. The topological polar surface area (TPSA) is 33.0 Å². The summed E-state index contributed by atoms with van der Waals surface area (Å²) >= 11 is 0. The minimum Gasteiger partial charge on any atom is -0.497 e. The highest BCUT2D eigenvalue weighted by atomic mass is 16.5. The number of benzene rings is 1. The minimum atomic E-state index is -0.174. The molecule has 0 saturated heterocycles. The van der Waals surface area contributed by atoms with Crippen LogP contribution >= 0.6 is 0 Å². The van der Waals surface area contributed by atoms with Crippen molar-refractivity contribution in [3.8, 4) is 11.8 Å². The minimum absolute atomic E-state index is 0.174. The van der Waals surface area contributed by atoms with Gasteiger partial charge in [0.05, 0.1) is 18.6 Å². The van der Waals surface area contributed by atoms with Crippen molar-refractivity contribution in [1.82, 2.24) is 0 Å². The lowest BCUT2D eigenvalue weighted by atomic mass is 9.98. The molecule has 66 valence electrons. The summed E-state index contributed by atoms with van der Waals surface area (Å²) in [6, 6.07) is 10.1. The van der Waals surface area contributed by atoms with Crippen LogP contribution in [0.15, 0.2) is 24.3 Å². The van der Waals surface area contributed by atoms with Crippen LogP contribution in [0.4, 0.5) is 0 Å². The van der Waals surface area contributed by atoms with Crippen LogP contribution in [-0.2, 0) is 5.41 Å². The van der Waals surface area contributed by atoms with Crippen LogP contribution in [0.3, 0.4) is 0 Å². The number of rotatable bonds is 2. The van der Waals surface area contributed by atoms with E-state index < -0.39 is 0 Å². The largest absolute Gasteiger partial charge is 0.497 e. The zero-order valence-electron chi connectivity index (χ0n) is 7.58. The Bertz CT molecular complexity index is 343. The van der Waals surface area contributed by atoms with Gasteiger partial charge in [0.25, 0.3) is 0 Å². The third kappa shape index (κ3) is 1.27. The van der Waals surface area contributed by atoms with E-state index in [2.05, 4.69) is 6.07 Å². The summed E-state index contributed by atoms with van der Waals surface area (Å²) in [5.41, 5.74) is 0.947. The molecule has 0 aliphatic heterocycles. The van der Waals surface area contributed by atoms with E-state index in [1.807, 2.05) is 24.3 Å². The van der Waals surface area contributed by atoms with Crippen molar-refractivity contribution in [1.29, 1.82) is 5.26 Å². The SMILES string of the molecule is COc1ccc(C2(C#N)CC2)cc1. The molecule has 0 spiro atoms. The molecule has 0 aromatic heterocycles. The lowest BCUT2D eigenvalue weighted by molar-refractivity contribution is 0.414. The standard InChI is InChI=1S/C11H11NO/c1-13-10-4-2-9(3-5-10)11(8-12)6-7-11/h2-5H,6-7H2,1H3. The normalized spacial score (nSPS) is 17.5. The number of methoxy groups -OCH3 is 1. The Balaban J connectivity index is 2.29. The molecular weight excluding hydrogens is 162 g/mol. The molecule has 2 nitrogen and oxygen atoms in total. The van der Waals surface area contributed by atoms with Crippen molar-refractivity contribution in [3.05, 3.63) is 29.8 Å². The second-order valence-electron chi connectivity index (χ2n) is 3.42. The van der Waals surface area contributed by atoms with Crippen molar-refractivity contribution < 1.29 is 4.74 Å². The maximum atomic E-state index is 8.96. The molecular formula is C11H11NO. The van der Waals surface area contributed by atoms with Gasteiger partial charge in [-0.15, -0.1) is 0 Å². The number of ether oxygens (including phenoxy) is 1. The molecule has 1 aromatic carbocycles. The second kappa shape index (κ2) is 2.77. The van der Waals surface area contributed by atoms with Crippen molar-refractivity contribution in [2.75, 3.05) is 7.11 Å². The van der Waals surface area contributed by atoms with Crippen LogP contribution in [0.5, 0.6) is 5.75 Å². The molecule has 2 heteroatoms. The van der Waals surface area contributed by atoms with Crippen molar-refractivity contribution in [3.63, 3.8) is 0 Å². The Morgan fingerprint density at radius 1 is 1.31 bits per heavy atom.